The Morgan fingerprint density at radius 2 is 1.71 bits per heavy atom. The van der Waals surface area contributed by atoms with E-state index < -0.39 is 5.82 Å². The van der Waals surface area contributed by atoms with Gasteiger partial charge < -0.3 is 15.1 Å². The first-order valence-electron chi connectivity index (χ1n) is 10.3. The maximum atomic E-state index is 13.4. The zero-order chi connectivity index (χ0) is 22.0. The highest BCUT2D eigenvalue weighted by Crippen LogP contribution is 2.26. The molecule has 0 bridgehead atoms. The molecule has 0 aromatic heterocycles. The summed E-state index contributed by atoms with van der Waals surface area (Å²) in [6.45, 7) is 2.06. The minimum absolute atomic E-state index is 0.0777. The molecule has 160 valence electrons. The Kier molecular flexibility index (Phi) is 6.25. The van der Waals surface area contributed by atoms with Crippen LogP contribution in [0.5, 0.6) is 0 Å². The maximum Gasteiger partial charge on any atom is 0.255 e. The molecular weight excluding hydrogens is 413 g/mol. The van der Waals surface area contributed by atoms with Crippen LogP contribution in [0, 0.1) is 5.82 Å². The third-order valence-corrected chi connectivity index (χ3v) is 6.07. The quantitative estimate of drug-likeness (QED) is 0.569. The smallest absolute Gasteiger partial charge is 0.255 e. The molecule has 1 heterocycles. The molecule has 1 unspecified atom stereocenters. The van der Waals surface area contributed by atoms with E-state index in [1.807, 2.05) is 24.3 Å². The van der Waals surface area contributed by atoms with E-state index >= 15 is 0 Å². The molecule has 1 atom stereocenters. The van der Waals surface area contributed by atoms with Gasteiger partial charge in [-0.15, -0.1) is 0 Å². The Balaban J connectivity index is 1.39. The molecule has 1 aliphatic rings. The second kappa shape index (κ2) is 9.08. The third-order valence-electron chi connectivity index (χ3n) is 5.78. The lowest BCUT2D eigenvalue weighted by atomic mass is 10.0. The van der Waals surface area contributed by atoms with Gasteiger partial charge in [-0.25, -0.2) is 4.39 Å². The summed E-state index contributed by atoms with van der Waals surface area (Å²) < 4.78 is 13.4. The molecule has 1 saturated heterocycles. The summed E-state index contributed by atoms with van der Waals surface area (Å²) in [5, 5.41) is 3.02. The van der Waals surface area contributed by atoms with Gasteiger partial charge in [-0.2, -0.15) is 0 Å². The first-order chi connectivity index (χ1) is 14.9. The molecule has 1 amide bonds. The maximum absolute atomic E-state index is 13.4. The molecule has 1 fully saturated rings. The zero-order valence-electron chi connectivity index (χ0n) is 17.6. The summed E-state index contributed by atoms with van der Waals surface area (Å²) in [6, 6.07) is 20.3. The molecule has 0 aliphatic carbocycles. The molecule has 3 aromatic rings. The van der Waals surface area contributed by atoms with Gasteiger partial charge in [-0.1, -0.05) is 29.8 Å². The molecule has 3 aromatic carbocycles. The second-order valence-electron chi connectivity index (χ2n) is 8.06. The highest BCUT2D eigenvalue weighted by Gasteiger charge is 2.24. The summed E-state index contributed by atoms with van der Waals surface area (Å²) in [4.78, 5) is 17.3. The Labute approximate surface area is 187 Å². The molecule has 4 rings (SSSR count). The van der Waals surface area contributed by atoms with Crippen LogP contribution < -0.4 is 10.2 Å². The van der Waals surface area contributed by atoms with Crippen LogP contribution in [0.25, 0.3) is 11.1 Å². The first kappa shape index (κ1) is 21.3. The van der Waals surface area contributed by atoms with Gasteiger partial charge in [-0.3, -0.25) is 4.79 Å². The summed E-state index contributed by atoms with van der Waals surface area (Å²) in [5.41, 5.74) is 4.14. The van der Waals surface area contributed by atoms with Crippen molar-refractivity contribution in [1.29, 1.82) is 0 Å². The first-order valence-corrected chi connectivity index (χ1v) is 10.7. The van der Waals surface area contributed by atoms with Crippen LogP contribution in [0.15, 0.2) is 66.7 Å². The lowest BCUT2D eigenvalue weighted by Crippen LogP contribution is -2.31. The number of nitrogens with one attached hydrogen (secondary N) is 1. The molecule has 0 spiro atoms. The number of benzene rings is 3. The SMILES string of the molecule is CN(C)C1CCN(c2ccc(NC(=O)c3ccc(-c4ccc(F)c(Cl)c4)cc3)cc2)C1. The standard InChI is InChI=1S/C25H25ClFN3O/c1-29(2)22-13-14-30(16-22)21-10-8-20(9-11-21)28-25(31)18-5-3-17(4-6-18)19-7-12-24(27)23(26)15-19/h3-12,15,22H,13-14,16H2,1-2H3,(H,28,31). The van der Waals surface area contributed by atoms with E-state index in [4.69, 9.17) is 11.6 Å². The van der Waals surface area contributed by atoms with Crippen LogP contribution in [-0.2, 0) is 0 Å². The van der Waals surface area contributed by atoms with E-state index in [9.17, 15) is 9.18 Å². The lowest BCUT2D eigenvalue weighted by molar-refractivity contribution is 0.102. The number of hydrogen-bond donors (Lipinski definition) is 1. The summed E-state index contributed by atoms with van der Waals surface area (Å²) in [5.74, 6) is -0.625. The predicted octanol–water partition coefficient (Wildman–Crippen LogP) is 5.54. The molecule has 0 radical (unpaired) electrons. The van der Waals surface area contributed by atoms with Crippen molar-refractivity contribution in [3.63, 3.8) is 0 Å². The van der Waals surface area contributed by atoms with Crippen LogP contribution in [0.2, 0.25) is 5.02 Å². The molecule has 1 aliphatic heterocycles. The highest BCUT2D eigenvalue weighted by molar-refractivity contribution is 6.31. The third kappa shape index (κ3) is 4.89. The monoisotopic (exact) mass is 437 g/mol. The van der Waals surface area contributed by atoms with E-state index in [1.165, 1.54) is 11.8 Å². The van der Waals surface area contributed by atoms with Gasteiger partial charge in [0, 0.05) is 36.1 Å². The number of rotatable bonds is 5. The van der Waals surface area contributed by atoms with Gasteiger partial charge in [-0.05, 0) is 80.2 Å². The van der Waals surface area contributed by atoms with E-state index in [-0.39, 0.29) is 10.9 Å². The number of carbonyl (C=O) groups excluding carboxylic acids is 1. The topological polar surface area (TPSA) is 35.6 Å². The fourth-order valence-corrected chi connectivity index (χ4v) is 4.03. The molecule has 0 saturated carbocycles. The average molecular weight is 438 g/mol. The average Bonchev–Trinajstić information content (AvgIpc) is 3.27. The van der Waals surface area contributed by atoms with E-state index in [2.05, 4.69) is 41.3 Å². The summed E-state index contributed by atoms with van der Waals surface area (Å²) in [6.07, 6.45) is 1.16. The van der Waals surface area contributed by atoms with Gasteiger partial charge in [0.15, 0.2) is 0 Å². The number of anilines is 2. The van der Waals surface area contributed by atoms with Crippen molar-refractivity contribution in [2.45, 2.75) is 12.5 Å². The van der Waals surface area contributed by atoms with Gasteiger partial charge in [0.25, 0.3) is 5.91 Å². The Morgan fingerprint density at radius 1 is 1.03 bits per heavy atom. The lowest BCUT2D eigenvalue weighted by Gasteiger charge is -2.22. The van der Waals surface area contributed by atoms with Crippen molar-refractivity contribution < 1.29 is 9.18 Å². The number of hydrogen-bond acceptors (Lipinski definition) is 3. The van der Waals surface area contributed by atoms with E-state index in [1.54, 1.807) is 24.3 Å². The zero-order valence-corrected chi connectivity index (χ0v) is 18.4. The number of amides is 1. The van der Waals surface area contributed by atoms with Gasteiger partial charge in [0.2, 0.25) is 0 Å². The van der Waals surface area contributed by atoms with Crippen molar-refractivity contribution in [3.05, 3.63) is 83.1 Å². The van der Waals surface area contributed by atoms with E-state index in [0.29, 0.717) is 11.6 Å². The highest BCUT2D eigenvalue weighted by atomic mass is 35.5. The van der Waals surface area contributed by atoms with Gasteiger partial charge >= 0.3 is 0 Å². The molecule has 1 N–H and O–H groups in total. The minimum Gasteiger partial charge on any atom is -0.370 e. The Morgan fingerprint density at radius 3 is 2.32 bits per heavy atom. The van der Waals surface area contributed by atoms with Crippen LogP contribution >= 0.6 is 11.6 Å². The fraction of sp³-hybridized carbons (Fsp3) is 0.240. The summed E-state index contributed by atoms with van der Waals surface area (Å²) in [7, 11) is 4.24. The Hall–Kier alpha value is -2.89. The normalized spacial score (nSPS) is 16.0. The van der Waals surface area contributed by atoms with Crippen molar-refractivity contribution in [3.8, 4) is 11.1 Å². The van der Waals surface area contributed by atoms with Crippen LogP contribution in [0.4, 0.5) is 15.8 Å². The summed E-state index contributed by atoms with van der Waals surface area (Å²) >= 11 is 5.86. The van der Waals surface area contributed by atoms with Crippen LogP contribution in [0.3, 0.4) is 0 Å². The van der Waals surface area contributed by atoms with E-state index in [0.717, 1.165) is 36.3 Å². The largest absolute Gasteiger partial charge is 0.370 e. The van der Waals surface area contributed by atoms with Crippen LogP contribution in [0.1, 0.15) is 16.8 Å². The Bertz CT molecular complexity index is 1070. The molecule has 6 heteroatoms. The van der Waals surface area contributed by atoms with Gasteiger partial charge in [0.1, 0.15) is 5.82 Å². The van der Waals surface area contributed by atoms with Crippen molar-refractivity contribution in [2.75, 3.05) is 37.4 Å². The number of carbonyl (C=O) groups is 1. The van der Waals surface area contributed by atoms with Gasteiger partial charge in [0.05, 0.1) is 5.02 Å². The fourth-order valence-electron chi connectivity index (χ4n) is 3.85. The van der Waals surface area contributed by atoms with Crippen LogP contribution in [-0.4, -0.2) is 44.0 Å². The predicted molar refractivity (Wildman–Crippen MR) is 126 cm³/mol. The number of halogens is 2. The number of likely N-dealkylation sites (N-methyl/N-ethyl adjacent to an activating group) is 1. The minimum atomic E-state index is -0.449. The molecular formula is C25H25ClFN3O. The molecule has 4 nitrogen and oxygen atoms in total. The number of nitrogens with zero attached hydrogens (tertiary/aromatic N) is 2. The second-order valence-corrected chi connectivity index (χ2v) is 8.47. The van der Waals surface area contributed by atoms with Crippen molar-refractivity contribution >= 4 is 28.9 Å². The van der Waals surface area contributed by atoms with Crippen molar-refractivity contribution in [2.24, 2.45) is 0 Å². The van der Waals surface area contributed by atoms with Crippen molar-refractivity contribution in [1.82, 2.24) is 4.90 Å². The molecule has 31 heavy (non-hydrogen) atoms.